The fourth-order valence-electron chi connectivity index (χ4n) is 3.44. The van der Waals surface area contributed by atoms with Gasteiger partial charge >= 0.3 is 0 Å². The van der Waals surface area contributed by atoms with Gasteiger partial charge in [-0.15, -0.1) is 0 Å². The van der Waals surface area contributed by atoms with E-state index in [4.69, 9.17) is 11.0 Å². The van der Waals surface area contributed by atoms with Crippen LogP contribution < -0.4 is 5.73 Å². The Kier molecular flexibility index (Phi) is 4.72. The first-order chi connectivity index (χ1) is 14.5. The average Bonchev–Trinajstić information content (AvgIpc) is 3.04. The number of nitriles is 1. The van der Waals surface area contributed by atoms with E-state index in [0.717, 1.165) is 11.1 Å². The molecule has 0 aliphatic carbocycles. The van der Waals surface area contributed by atoms with Crippen LogP contribution in [0.4, 0.5) is 4.39 Å². The van der Waals surface area contributed by atoms with E-state index in [1.807, 2.05) is 6.07 Å². The highest BCUT2D eigenvalue weighted by atomic mass is 19.1. The van der Waals surface area contributed by atoms with Gasteiger partial charge in [-0.1, -0.05) is 24.3 Å². The van der Waals surface area contributed by atoms with Crippen molar-refractivity contribution in [2.75, 3.05) is 7.05 Å². The van der Waals surface area contributed by atoms with Crippen molar-refractivity contribution in [2.45, 2.75) is 12.2 Å². The number of pyridine rings is 2. The van der Waals surface area contributed by atoms with Gasteiger partial charge in [-0.05, 0) is 29.3 Å². The smallest absolute Gasteiger partial charge is 0.267 e. The first-order valence-electron chi connectivity index (χ1n) is 9.10. The number of nitrogens with zero attached hydrogens (tertiary/aromatic N) is 5. The minimum Gasteiger partial charge on any atom is -0.369 e. The molecule has 0 fully saturated rings. The zero-order valence-corrected chi connectivity index (χ0v) is 16.1. The molecule has 2 aromatic heterocycles. The molecule has 3 aromatic rings. The minimum atomic E-state index is -1.48. The van der Waals surface area contributed by atoms with Crippen molar-refractivity contribution in [1.29, 1.82) is 5.26 Å². The number of rotatable bonds is 4. The molecule has 1 unspecified atom stereocenters. The first kappa shape index (κ1) is 19.2. The molecule has 0 bridgehead atoms. The fraction of sp³-hybridized carbons (Fsp3) is 0.136. The Balaban J connectivity index is 1.91. The molecule has 4 rings (SSSR count). The third-order valence-electron chi connectivity index (χ3n) is 5.07. The molecule has 0 saturated heterocycles. The van der Waals surface area contributed by atoms with Gasteiger partial charge in [0, 0.05) is 36.8 Å². The van der Waals surface area contributed by atoms with E-state index < -0.39 is 12.2 Å². The van der Waals surface area contributed by atoms with Gasteiger partial charge in [-0.2, -0.15) is 5.26 Å². The molecule has 3 heterocycles. The second-order valence-electron chi connectivity index (χ2n) is 6.88. The van der Waals surface area contributed by atoms with Gasteiger partial charge in [0.2, 0.25) is 5.54 Å². The van der Waals surface area contributed by atoms with E-state index in [0.29, 0.717) is 22.4 Å². The van der Waals surface area contributed by atoms with Crippen molar-refractivity contribution in [1.82, 2.24) is 14.9 Å². The van der Waals surface area contributed by atoms with E-state index >= 15 is 0 Å². The second-order valence-corrected chi connectivity index (χ2v) is 6.88. The van der Waals surface area contributed by atoms with Gasteiger partial charge in [0.25, 0.3) is 5.91 Å². The maximum Gasteiger partial charge on any atom is 0.267 e. The highest BCUT2D eigenvalue weighted by Gasteiger charge is 2.50. The lowest BCUT2D eigenvalue weighted by atomic mass is 9.84. The maximum atomic E-state index is 13.3. The van der Waals surface area contributed by atoms with E-state index in [1.165, 1.54) is 17.3 Å². The summed E-state index contributed by atoms with van der Waals surface area (Å²) < 4.78 is 13.0. The molecule has 1 atom stereocenters. The number of carbonyl (C=O) groups is 1. The lowest BCUT2D eigenvalue weighted by Gasteiger charge is -2.25. The zero-order valence-electron chi connectivity index (χ0n) is 16.1. The molecule has 0 saturated carbocycles. The molecule has 0 spiro atoms. The number of aliphatic imine (C=N–C) groups is 1. The summed E-state index contributed by atoms with van der Waals surface area (Å²) >= 11 is 0. The van der Waals surface area contributed by atoms with E-state index in [1.54, 1.807) is 49.6 Å². The predicted octanol–water partition coefficient (Wildman–Crippen LogP) is 2.52. The van der Waals surface area contributed by atoms with Crippen LogP contribution in [0, 0.1) is 11.3 Å². The Morgan fingerprint density at radius 3 is 2.63 bits per heavy atom. The molecule has 8 heteroatoms. The van der Waals surface area contributed by atoms with Crippen LogP contribution in [0.1, 0.15) is 22.4 Å². The van der Waals surface area contributed by atoms with Gasteiger partial charge in [0.1, 0.15) is 12.7 Å². The number of amides is 1. The van der Waals surface area contributed by atoms with Crippen LogP contribution in [-0.2, 0) is 17.0 Å². The van der Waals surface area contributed by atoms with Crippen LogP contribution in [0.15, 0.2) is 66.0 Å². The molecular formula is C22H17FN6O. The summed E-state index contributed by atoms with van der Waals surface area (Å²) in [7, 11) is 1.54. The largest absolute Gasteiger partial charge is 0.369 e. The molecule has 0 radical (unpaired) electrons. The second kappa shape index (κ2) is 7.37. The van der Waals surface area contributed by atoms with Crippen LogP contribution in [-0.4, -0.2) is 33.8 Å². The summed E-state index contributed by atoms with van der Waals surface area (Å²) in [5.74, 6) is -0.295. The van der Waals surface area contributed by atoms with Crippen LogP contribution >= 0.6 is 0 Å². The summed E-state index contributed by atoms with van der Waals surface area (Å²) in [5.41, 5.74) is 7.71. The monoisotopic (exact) mass is 400 g/mol. The Bertz CT molecular complexity index is 1200. The third kappa shape index (κ3) is 2.97. The Labute approximate surface area is 172 Å². The lowest BCUT2D eigenvalue weighted by molar-refractivity contribution is -0.129. The summed E-state index contributed by atoms with van der Waals surface area (Å²) in [6, 6.07) is 14.2. The highest BCUT2D eigenvalue weighted by Crippen LogP contribution is 2.39. The number of benzene rings is 1. The summed E-state index contributed by atoms with van der Waals surface area (Å²) in [6.45, 7) is -0.656. The lowest BCUT2D eigenvalue weighted by Crippen LogP contribution is -2.41. The number of hydrogen-bond donors (Lipinski definition) is 1. The fourth-order valence-corrected chi connectivity index (χ4v) is 3.44. The number of alkyl halides is 1. The quantitative estimate of drug-likeness (QED) is 0.724. The van der Waals surface area contributed by atoms with E-state index in [9.17, 15) is 9.18 Å². The number of guanidine groups is 1. The van der Waals surface area contributed by atoms with Crippen LogP contribution in [0.5, 0.6) is 0 Å². The van der Waals surface area contributed by atoms with Crippen molar-refractivity contribution in [3.05, 3.63) is 83.4 Å². The van der Waals surface area contributed by atoms with Gasteiger partial charge in [-0.25, -0.2) is 9.38 Å². The Morgan fingerprint density at radius 2 is 2.00 bits per heavy atom. The topological polar surface area (TPSA) is 108 Å². The number of nitrogens with two attached hydrogens (primary N) is 1. The molecule has 148 valence electrons. The van der Waals surface area contributed by atoms with Crippen molar-refractivity contribution < 1.29 is 9.18 Å². The highest BCUT2D eigenvalue weighted by molar-refractivity contribution is 6.08. The number of halogens is 1. The van der Waals surface area contributed by atoms with Gasteiger partial charge < -0.3 is 5.73 Å². The predicted molar refractivity (Wildman–Crippen MR) is 109 cm³/mol. The number of carbonyl (C=O) groups excluding carboxylic acids is 1. The van der Waals surface area contributed by atoms with Crippen molar-refractivity contribution in [2.24, 2.45) is 10.7 Å². The summed E-state index contributed by atoms with van der Waals surface area (Å²) in [4.78, 5) is 27.5. The Morgan fingerprint density at radius 1 is 1.17 bits per heavy atom. The SMILES string of the molecule is CN1C(=O)C(c2cccc(-c3cncc(C#N)c3)c2)(c2ccc(CF)cn2)N=C1N. The Hall–Kier alpha value is -4.12. The minimum absolute atomic E-state index is 0.0647. The molecule has 7 nitrogen and oxygen atoms in total. The summed E-state index contributed by atoms with van der Waals surface area (Å²) in [5, 5.41) is 9.15. The molecule has 2 N–H and O–H groups in total. The van der Waals surface area contributed by atoms with Gasteiger partial charge in [0.05, 0.1) is 11.3 Å². The molecule has 1 aliphatic rings. The van der Waals surface area contributed by atoms with Gasteiger partial charge in [-0.3, -0.25) is 19.7 Å². The average molecular weight is 400 g/mol. The number of hydrogen-bond acceptors (Lipinski definition) is 6. The molecule has 30 heavy (non-hydrogen) atoms. The van der Waals surface area contributed by atoms with Crippen LogP contribution in [0.25, 0.3) is 11.1 Å². The van der Waals surface area contributed by atoms with Crippen LogP contribution in [0.2, 0.25) is 0 Å². The zero-order chi connectivity index (χ0) is 21.3. The third-order valence-corrected chi connectivity index (χ3v) is 5.07. The van der Waals surface area contributed by atoms with Crippen molar-refractivity contribution >= 4 is 11.9 Å². The van der Waals surface area contributed by atoms with Crippen molar-refractivity contribution in [3.8, 4) is 17.2 Å². The standard InChI is InChI=1S/C22H17FN6O/c1-29-20(30)22(28-21(29)25,19-6-5-14(9-23)12-27-19)18-4-2-3-16(8-18)17-7-15(10-24)11-26-13-17/h2-8,11-13H,9H2,1H3,(H2,25,28). The normalized spacial score (nSPS) is 18.2. The number of aromatic nitrogens is 2. The molecule has 1 aliphatic heterocycles. The van der Waals surface area contributed by atoms with Crippen molar-refractivity contribution in [3.63, 3.8) is 0 Å². The first-order valence-corrected chi connectivity index (χ1v) is 9.10. The summed E-state index contributed by atoms with van der Waals surface area (Å²) in [6.07, 6.45) is 4.51. The van der Waals surface area contributed by atoms with Gasteiger partial charge in [0.15, 0.2) is 5.96 Å². The maximum absolute atomic E-state index is 13.3. The van der Waals surface area contributed by atoms with Crippen LogP contribution in [0.3, 0.4) is 0 Å². The van der Waals surface area contributed by atoms with E-state index in [-0.39, 0.29) is 11.9 Å². The number of likely N-dealkylation sites (N-methyl/N-ethyl adjacent to an activating group) is 1. The molecule has 1 amide bonds. The molecular weight excluding hydrogens is 383 g/mol. The van der Waals surface area contributed by atoms with E-state index in [2.05, 4.69) is 21.0 Å². The molecule has 1 aromatic carbocycles.